The summed E-state index contributed by atoms with van der Waals surface area (Å²) in [6.45, 7) is 4.79. The third-order valence-electron chi connectivity index (χ3n) is 3.70. The third-order valence-corrected chi connectivity index (χ3v) is 3.70. The summed E-state index contributed by atoms with van der Waals surface area (Å²) in [6, 6.07) is 5.55. The summed E-state index contributed by atoms with van der Waals surface area (Å²) in [6.07, 6.45) is 1.97. The number of nitrogens with zero attached hydrogens (tertiary/aromatic N) is 4. The van der Waals surface area contributed by atoms with E-state index in [9.17, 15) is 4.79 Å². The van der Waals surface area contributed by atoms with Crippen molar-refractivity contribution in [1.29, 1.82) is 0 Å². The number of nitrogens with one attached hydrogen (secondary N) is 1. The van der Waals surface area contributed by atoms with Crippen LogP contribution in [0, 0.1) is 0 Å². The highest BCUT2D eigenvalue weighted by molar-refractivity contribution is 5.35. The molecule has 0 bridgehead atoms. The second-order valence-corrected chi connectivity index (χ2v) is 5.39. The molecule has 1 saturated heterocycles. The first-order valence-corrected chi connectivity index (χ1v) is 7.29. The molecule has 3 rings (SSSR count). The first kappa shape index (κ1) is 14.2. The Balaban J connectivity index is 1.58. The fraction of sp³-hybridized carbons (Fsp3) is 0.571. The van der Waals surface area contributed by atoms with Crippen molar-refractivity contribution >= 4 is 5.65 Å². The van der Waals surface area contributed by atoms with Gasteiger partial charge in [-0.3, -0.25) is 4.40 Å². The topological polar surface area (TPSA) is 63.8 Å². The number of aromatic nitrogens is 3. The third kappa shape index (κ3) is 3.31. The van der Waals surface area contributed by atoms with Gasteiger partial charge in [-0.1, -0.05) is 6.07 Å². The van der Waals surface area contributed by atoms with Gasteiger partial charge in [-0.05, 0) is 19.2 Å². The molecule has 1 fully saturated rings. The number of likely N-dealkylation sites (N-methyl/N-ethyl adjacent to an activating group) is 1. The maximum Gasteiger partial charge on any atom is 0.350 e. The fourth-order valence-electron chi connectivity index (χ4n) is 2.56. The van der Waals surface area contributed by atoms with Crippen molar-refractivity contribution in [2.45, 2.75) is 12.6 Å². The number of hydrogen-bond donors (Lipinski definition) is 1. The van der Waals surface area contributed by atoms with Gasteiger partial charge in [-0.2, -0.15) is 0 Å². The first-order valence-electron chi connectivity index (χ1n) is 7.29. The molecule has 3 heterocycles. The Morgan fingerprint density at radius 3 is 3.19 bits per heavy atom. The van der Waals surface area contributed by atoms with Crippen LogP contribution in [0.15, 0.2) is 29.2 Å². The summed E-state index contributed by atoms with van der Waals surface area (Å²) >= 11 is 0. The van der Waals surface area contributed by atoms with E-state index in [0.717, 1.165) is 32.8 Å². The lowest BCUT2D eigenvalue weighted by Crippen LogP contribution is -2.45. The second kappa shape index (κ2) is 6.38. The molecule has 114 valence electrons. The summed E-state index contributed by atoms with van der Waals surface area (Å²) in [5.41, 5.74) is 0.597. The van der Waals surface area contributed by atoms with Gasteiger partial charge in [-0.25, -0.2) is 9.48 Å². The Morgan fingerprint density at radius 2 is 2.43 bits per heavy atom. The molecule has 1 aliphatic rings. The molecule has 2 aromatic rings. The molecule has 2 aromatic heterocycles. The Labute approximate surface area is 123 Å². The average molecular weight is 291 g/mol. The zero-order valence-corrected chi connectivity index (χ0v) is 12.2. The highest BCUT2D eigenvalue weighted by Gasteiger charge is 2.15. The molecule has 1 unspecified atom stereocenters. The van der Waals surface area contributed by atoms with Gasteiger partial charge in [0, 0.05) is 32.4 Å². The summed E-state index contributed by atoms with van der Waals surface area (Å²) in [7, 11) is 2.04. The van der Waals surface area contributed by atoms with E-state index in [1.165, 1.54) is 4.68 Å². The predicted molar refractivity (Wildman–Crippen MR) is 79.6 cm³/mol. The van der Waals surface area contributed by atoms with Crippen LogP contribution in [0.4, 0.5) is 0 Å². The van der Waals surface area contributed by atoms with E-state index in [-0.39, 0.29) is 11.8 Å². The van der Waals surface area contributed by atoms with Crippen molar-refractivity contribution in [3.05, 3.63) is 34.9 Å². The lowest BCUT2D eigenvalue weighted by Gasteiger charge is -2.27. The van der Waals surface area contributed by atoms with Gasteiger partial charge in [0.1, 0.15) is 0 Å². The number of ether oxygens (including phenoxy) is 1. The monoisotopic (exact) mass is 291 g/mol. The van der Waals surface area contributed by atoms with Crippen LogP contribution in [0.3, 0.4) is 0 Å². The maximum absolute atomic E-state index is 12.1. The number of rotatable bonds is 5. The predicted octanol–water partition coefficient (Wildman–Crippen LogP) is -0.584. The van der Waals surface area contributed by atoms with E-state index in [1.54, 1.807) is 10.6 Å². The van der Waals surface area contributed by atoms with E-state index < -0.39 is 0 Å². The van der Waals surface area contributed by atoms with Crippen molar-refractivity contribution in [3.63, 3.8) is 0 Å². The molecule has 21 heavy (non-hydrogen) atoms. The van der Waals surface area contributed by atoms with Gasteiger partial charge in [0.2, 0.25) is 0 Å². The van der Waals surface area contributed by atoms with Gasteiger partial charge < -0.3 is 15.0 Å². The van der Waals surface area contributed by atoms with Crippen molar-refractivity contribution < 1.29 is 4.74 Å². The van der Waals surface area contributed by atoms with Crippen molar-refractivity contribution in [3.8, 4) is 0 Å². The molecule has 7 nitrogen and oxygen atoms in total. The smallest absolute Gasteiger partial charge is 0.350 e. The summed E-state index contributed by atoms with van der Waals surface area (Å²) in [5, 5.41) is 7.65. The standard InChI is InChI=1S/C14H21N5O2/c1-17(11-12-10-15-5-9-21-12)7-8-19-14(20)18-6-3-2-4-13(18)16-19/h2-4,6,12,15H,5,7-11H2,1H3. The molecule has 0 spiro atoms. The molecule has 0 aliphatic carbocycles. The SMILES string of the molecule is CN(CCn1nc2ccccn2c1=O)CC1CNCCO1. The van der Waals surface area contributed by atoms with Gasteiger partial charge in [0.15, 0.2) is 5.65 Å². The van der Waals surface area contributed by atoms with Gasteiger partial charge in [0.25, 0.3) is 0 Å². The van der Waals surface area contributed by atoms with Gasteiger partial charge >= 0.3 is 5.69 Å². The number of fused-ring (bicyclic) bond motifs is 1. The highest BCUT2D eigenvalue weighted by Crippen LogP contribution is 1.99. The quantitative estimate of drug-likeness (QED) is 0.798. The molecule has 1 atom stereocenters. The second-order valence-electron chi connectivity index (χ2n) is 5.39. The zero-order chi connectivity index (χ0) is 14.7. The number of pyridine rings is 1. The molecule has 0 saturated carbocycles. The van der Waals surface area contributed by atoms with E-state index >= 15 is 0 Å². The highest BCUT2D eigenvalue weighted by atomic mass is 16.5. The number of morpholine rings is 1. The van der Waals surface area contributed by atoms with E-state index in [2.05, 4.69) is 15.3 Å². The largest absolute Gasteiger partial charge is 0.374 e. The number of hydrogen-bond acceptors (Lipinski definition) is 5. The van der Waals surface area contributed by atoms with Crippen LogP contribution in [0.2, 0.25) is 0 Å². The van der Waals surface area contributed by atoms with Crippen molar-refractivity contribution in [1.82, 2.24) is 24.4 Å². The molecule has 0 amide bonds. The summed E-state index contributed by atoms with van der Waals surface area (Å²) < 4.78 is 8.76. The average Bonchev–Trinajstić information content (AvgIpc) is 2.83. The molecular weight excluding hydrogens is 270 g/mol. The molecular formula is C14H21N5O2. The normalized spacial score (nSPS) is 19.4. The van der Waals surface area contributed by atoms with Crippen LogP contribution >= 0.6 is 0 Å². The van der Waals surface area contributed by atoms with Crippen LogP contribution in [0.5, 0.6) is 0 Å². The fourth-order valence-corrected chi connectivity index (χ4v) is 2.56. The maximum atomic E-state index is 12.1. The summed E-state index contributed by atoms with van der Waals surface area (Å²) in [5.74, 6) is 0. The van der Waals surface area contributed by atoms with Crippen molar-refractivity contribution in [2.75, 3.05) is 39.8 Å². The van der Waals surface area contributed by atoms with Crippen LogP contribution in [0.1, 0.15) is 0 Å². The molecule has 1 aliphatic heterocycles. The van der Waals surface area contributed by atoms with Crippen LogP contribution in [-0.4, -0.2) is 65.0 Å². The summed E-state index contributed by atoms with van der Waals surface area (Å²) in [4.78, 5) is 14.3. The van der Waals surface area contributed by atoms with E-state index in [0.29, 0.717) is 12.2 Å². The molecule has 0 radical (unpaired) electrons. The minimum Gasteiger partial charge on any atom is -0.374 e. The molecule has 1 N–H and O–H groups in total. The Kier molecular flexibility index (Phi) is 4.33. The Hall–Kier alpha value is -1.70. The van der Waals surface area contributed by atoms with Crippen molar-refractivity contribution in [2.24, 2.45) is 0 Å². The van der Waals surface area contributed by atoms with Crippen LogP contribution in [0.25, 0.3) is 5.65 Å². The lowest BCUT2D eigenvalue weighted by atomic mass is 10.3. The lowest BCUT2D eigenvalue weighted by molar-refractivity contribution is 0.00948. The zero-order valence-electron chi connectivity index (χ0n) is 12.2. The van der Waals surface area contributed by atoms with Gasteiger partial charge in [-0.15, -0.1) is 5.10 Å². The Morgan fingerprint density at radius 1 is 1.52 bits per heavy atom. The van der Waals surface area contributed by atoms with Gasteiger partial charge in [0.05, 0.1) is 19.3 Å². The van der Waals surface area contributed by atoms with Crippen LogP contribution < -0.4 is 11.0 Å². The minimum absolute atomic E-state index is 0.0883. The first-order chi connectivity index (χ1) is 10.2. The van der Waals surface area contributed by atoms with E-state index in [1.807, 2.05) is 25.2 Å². The minimum atomic E-state index is -0.0883. The van der Waals surface area contributed by atoms with Crippen LogP contribution in [-0.2, 0) is 11.3 Å². The Bertz CT molecular complexity index is 644. The van der Waals surface area contributed by atoms with E-state index in [4.69, 9.17) is 4.74 Å². The molecule has 7 heteroatoms. The molecule has 0 aromatic carbocycles.